The molecule has 2 N–H and O–H groups in total. The normalized spacial score (nSPS) is 10.3. The smallest absolute Gasteiger partial charge is 0.238 e. The molecule has 0 saturated heterocycles. The highest BCUT2D eigenvalue weighted by atomic mass is 19.1. The molecular formula is C12H12FN3O. The van der Waals surface area contributed by atoms with Crippen molar-refractivity contribution in [2.45, 2.75) is 13.8 Å². The van der Waals surface area contributed by atoms with E-state index in [0.717, 1.165) is 11.4 Å². The highest BCUT2D eigenvalue weighted by molar-refractivity contribution is 5.53. The number of anilines is 1. The number of aryl methyl sites for hydroxylation is 2. The summed E-state index contributed by atoms with van der Waals surface area (Å²) in [5.74, 6) is -0.319. The van der Waals surface area contributed by atoms with Crippen molar-refractivity contribution < 1.29 is 9.13 Å². The summed E-state index contributed by atoms with van der Waals surface area (Å²) in [5.41, 5.74) is 7.39. The fourth-order valence-electron chi connectivity index (χ4n) is 1.31. The fraction of sp³-hybridized carbons (Fsp3) is 0.167. The minimum Gasteiger partial charge on any atom is -0.432 e. The van der Waals surface area contributed by atoms with E-state index < -0.39 is 5.82 Å². The number of nitrogens with zero attached hydrogens (tertiary/aromatic N) is 2. The average Bonchev–Trinajstić information content (AvgIpc) is 2.28. The van der Waals surface area contributed by atoms with Crippen LogP contribution in [0.15, 0.2) is 24.4 Å². The van der Waals surface area contributed by atoms with Gasteiger partial charge < -0.3 is 10.5 Å². The molecule has 0 fully saturated rings. The van der Waals surface area contributed by atoms with Gasteiger partial charge in [-0.1, -0.05) is 6.07 Å². The lowest BCUT2D eigenvalue weighted by atomic mass is 10.3. The number of benzene rings is 1. The number of ether oxygens (including phenoxy) is 1. The van der Waals surface area contributed by atoms with Gasteiger partial charge in [-0.05, 0) is 26.0 Å². The van der Waals surface area contributed by atoms with Crippen LogP contribution >= 0.6 is 0 Å². The molecule has 2 rings (SSSR count). The van der Waals surface area contributed by atoms with E-state index in [-0.39, 0.29) is 17.3 Å². The highest BCUT2D eigenvalue weighted by Crippen LogP contribution is 2.28. The van der Waals surface area contributed by atoms with E-state index >= 15 is 0 Å². The van der Waals surface area contributed by atoms with E-state index in [1.165, 1.54) is 18.3 Å². The molecule has 0 amide bonds. The Labute approximate surface area is 98.3 Å². The molecule has 88 valence electrons. The lowest BCUT2D eigenvalue weighted by Gasteiger charge is -2.09. The summed E-state index contributed by atoms with van der Waals surface area (Å²) in [5, 5.41) is 0. The van der Waals surface area contributed by atoms with Gasteiger partial charge in [-0.25, -0.2) is 9.37 Å². The van der Waals surface area contributed by atoms with Crippen LogP contribution in [-0.4, -0.2) is 9.97 Å². The zero-order valence-corrected chi connectivity index (χ0v) is 9.57. The van der Waals surface area contributed by atoms with Gasteiger partial charge >= 0.3 is 0 Å². The number of hydrogen-bond acceptors (Lipinski definition) is 4. The van der Waals surface area contributed by atoms with E-state index in [2.05, 4.69) is 9.97 Å². The fourth-order valence-corrected chi connectivity index (χ4v) is 1.31. The summed E-state index contributed by atoms with van der Waals surface area (Å²) in [4.78, 5) is 8.23. The summed E-state index contributed by atoms with van der Waals surface area (Å²) in [6.45, 7) is 3.64. The predicted octanol–water partition coefficient (Wildman–Crippen LogP) is 2.61. The Morgan fingerprint density at radius 2 is 2.00 bits per heavy atom. The maximum atomic E-state index is 13.5. The van der Waals surface area contributed by atoms with Crippen molar-refractivity contribution >= 4 is 5.69 Å². The minimum absolute atomic E-state index is 0.0231. The van der Waals surface area contributed by atoms with Crippen molar-refractivity contribution in [1.29, 1.82) is 0 Å². The van der Waals surface area contributed by atoms with Gasteiger partial charge in [0.05, 0.1) is 23.3 Å². The van der Waals surface area contributed by atoms with Gasteiger partial charge in [-0.2, -0.15) is 0 Å². The Hall–Kier alpha value is -2.17. The van der Waals surface area contributed by atoms with Crippen molar-refractivity contribution in [3.63, 3.8) is 0 Å². The van der Waals surface area contributed by atoms with Gasteiger partial charge in [0.25, 0.3) is 0 Å². The van der Waals surface area contributed by atoms with Gasteiger partial charge in [0, 0.05) is 0 Å². The Morgan fingerprint density at radius 1 is 1.24 bits per heavy atom. The monoisotopic (exact) mass is 233 g/mol. The van der Waals surface area contributed by atoms with Crippen LogP contribution in [0.25, 0.3) is 0 Å². The molecule has 0 aliphatic carbocycles. The number of para-hydroxylation sites is 1. The van der Waals surface area contributed by atoms with Crippen molar-refractivity contribution in [2.75, 3.05) is 5.73 Å². The Morgan fingerprint density at radius 3 is 2.65 bits per heavy atom. The number of aromatic nitrogens is 2. The van der Waals surface area contributed by atoms with Crippen molar-refractivity contribution in [1.82, 2.24) is 9.97 Å². The average molecular weight is 233 g/mol. The standard InChI is InChI=1S/C12H12FN3O/c1-7-8(2)16-11(6-15-7)17-12-9(13)4-3-5-10(12)14/h3-6H,14H2,1-2H3. The third-order valence-electron chi connectivity index (χ3n) is 2.37. The lowest BCUT2D eigenvalue weighted by Crippen LogP contribution is -1.99. The van der Waals surface area contributed by atoms with E-state index in [4.69, 9.17) is 10.5 Å². The van der Waals surface area contributed by atoms with E-state index in [9.17, 15) is 4.39 Å². The second-order valence-corrected chi connectivity index (χ2v) is 3.64. The zero-order valence-electron chi connectivity index (χ0n) is 9.57. The molecule has 0 aliphatic rings. The molecule has 0 saturated carbocycles. The minimum atomic E-state index is -0.523. The van der Waals surface area contributed by atoms with Crippen LogP contribution in [0.3, 0.4) is 0 Å². The second-order valence-electron chi connectivity index (χ2n) is 3.64. The molecule has 5 heteroatoms. The number of rotatable bonds is 2. The summed E-state index contributed by atoms with van der Waals surface area (Å²) in [6, 6.07) is 4.36. The first kappa shape index (κ1) is 11.3. The molecule has 1 aromatic carbocycles. The van der Waals surface area contributed by atoms with Crippen molar-refractivity contribution in [2.24, 2.45) is 0 Å². The predicted molar refractivity (Wildman–Crippen MR) is 62.4 cm³/mol. The van der Waals surface area contributed by atoms with Crippen LogP contribution in [0, 0.1) is 19.7 Å². The summed E-state index contributed by atoms with van der Waals surface area (Å²) in [7, 11) is 0. The van der Waals surface area contributed by atoms with Crippen LogP contribution in [-0.2, 0) is 0 Å². The summed E-state index contributed by atoms with van der Waals surface area (Å²) >= 11 is 0. The second kappa shape index (κ2) is 4.37. The third kappa shape index (κ3) is 2.33. The SMILES string of the molecule is Cc1ncc(Oc2c(N)cccc2F)nc1C. The highest BCUT2D eigenvalue weighted by Gasteiger charge is 2.10. The van der Waals surface area contributed by atoms with Crippen LogP contribution in [0.4, 0.5) is 10.1 Å². The molecule has 1 aromatic heterocycles. The topological polar surface area (TPSA) is 61.0 Å². The maximum absolute atomic E-state index is 13.5. The first-order valence-corrected chi connectivity index (χ1v) is 5.10. The van der Waals surface area contributed by atoms with Crippen LogP contribution in [0.1, 0.15) is 11.4 Å². The van der Waals surface area contributed by atoms with Crippen molar-refractivity contribution in [3.8, 4) is 11.6 Å². The number of halogens is 1. The Bertz CT molecular complexity index is 537. The largest absolute Gasteiger partial charge is 0.432 e. The molecule has 4 nitrogen and oxygen atoms in total. The maximum Gasteiger partial charge on any atom is 0.238 e. The summed E-state index contributed by atoms with van der Waals surface area (Å²) < 4.78 is 18.8. The Balaban J connectivity index is 2.35. The quantitative estimate of drug-likeness (QED) is 0.810. The van der Waals surface area contributed by atoms with Gasteiger partial charge in [0.2, 0.25) is 5.88 Å². The molecule has 0 aliphatic heterocycles. The van der Waals surface area contributed by atoms with Gasteiger partial charge in [-0.15, -0.1) is 0 Å². The van der Waals surface area contributed by atoms with E-state index in [1.807, 2.05) is 6.92 Å². The van der Waals surface area contributed by atoms with Gasteiger partial charge in [0.1, 0.15) is 0 Å². The first-order valence-electron chi connectivity index (χ1n) is 5.10. The Kier molecular flexibility index (Phi) is 2.91. The number of nitrogens with two attached hydrogens (primary N) is 1. The molecule has 0 unspecified atom stereocenters. The lowest BCUT2D eigenvalue weighted by molar-refractivity contribution is 0.426. The van der Waals surface area contributed by atoms with E-state index in [0.29, 0.717) is 0 Å². The first-order chi connectivity index (χ1) is 8.08. The van der Waals surface area contributed by atoms with E-state index in [1.54, 1.807) is 13.0 Å². The summed E-state index contributed by atoms with van der Waals surface area (Å²) in [6.07, 6.45) is 1.44. The van der Waals surface area contributed by atoms with Gasteiger partial charge in [0.15, 0.2) is 11.6 Å². The molecule has 0 bridgehead atoms. The van der Waals surface area contributed by atoms with Crippen LogP contribution in [0.2, 0.25) is 0 Å². The molecule has 17 heavy (non-hydrogen) atoms. The molecule has 0 spiro atoms. The number of nitrogen functional groups attached to an aromatic ring is 1. The molecule has 0 radical (unpaired) electrons. The van der Waals surface area contributed by atoms with Crippen molar-refractivity contribution in [3.05, 3.63) is 41.6 Å². The number of hydrogen-bond donors (Lipinski definition) is 1. The third-order valence-corrected chi connectivity index (χ3v) is 2.37. The molecule has 1 heterocycles. The van der Waals surface area contributed by atoms with Crippen LogP contribution < -0.4 is 10.5 Å². The molecular weight excluding hydrogens is 221 g/mol. The van der Waals surface area contributed by atoms with Crippen LogP contribution in [0.5, 0.6) is 11.6 Å². The molecule has 2 aromatic rings. The molecule has 0 atom stereocenters. The zero-order chi connectivity index (χ0) is 12.4. The van der Waals surface area contributed by atoms with Gasteiger partial charge in [-0.3, -0.25) is 4.98 Å².